The molecule has 0 saturated heterocycles. The fourth-order valence-corrected chi connectivity index (χ4v) is 17.4. The topological polar surface area (TPSA) is 99.6 Å². The molecule has 0 unspecified atom stereocenters. The molecule has 5 N–H and O–H groups in total. The molecule has 0 aliphatic rings. The van der Waals surface area contributed by atoms with E-state index in [0.717, 1.165) is 117 Å². The predicted octanol–water partition coefficient (Wildman–Crippen LogP) is 32.1. The lowest BCUT2D eigenvalue weighted by Crippen LogP contribution is -1.90. The van der Waals surface area contributed by atoms with Crippen molar-refractivity contribution in [2.24, 2.45) is 0 Å². The Morgan fingerprint density at radius 1 is 0.172 bits per heavy atom. The van der Waals surface area contributed by atoms with Gasteiger partial charge in [-0.3, -0.25) is 0 Å². The molecule has 23 rings (SSSR count). The minimum Gasteiger partial charge on any atom is -0.454 e. The first kappa shape index (κ1) is 71.4. The second-order valence-electron chi connectivity index (χ2n) is 28.2. The van der Waals surface area contributed by atoms with Crippen LogP contribution in [0.1, 0.15) is 0 Å². The molecule has 23 aromatic rings. The van der Waals surface area contributed by atoms with E-state index in [2.05, 4.69) is 330 Å². The van der Waals surface area contributed by atoms with Crippen LogP contribution in [0, 0.1) is 0 Å². The molecule has 10 heteroatoms. The van der Waals surface area contributed by atoms with Crippen LogP contribution in [0.25, 0.3) is 139 Å². The number of hydrogen-bond donors (Lipinski definition) is 5. The van der Waals surface area contributed by atoms with Crippen molar-refractivity contribution in [2.75, 3.05) is 26.6 Å². The van der Waals surface area contributed by atoms with E-state index in [0.29, 0.717) is 0 Å². The van der Waals surface area contributed by atoms with Gasteiger partial charge in [-0.2, -0.15) is 0 Å². The number of fused-ring (bicyclic) bond motifs is 16. The van der Waals surface area contributed by atoms with Gasteiger partial charge in [0.1, 0.15) is 16.7 Å². The van der Waals surface area contributed by atoms with Crippen molar-refractivity contribution in [1.29, 1.82) is 0 Å². The molecule has 5 aromatic heterocycles. The third-order valence-electron chi connectivity index (χ3n) is 20.7. The van der Waals surface area contributed by atoms with Crippen LogP contribution in [-0.4, -0.2) is 0 Å². The molecule has 18 aromatic carbocycles. The van der Waals surface area contributed by atoms with Crippen LogP contribution in [0.3, 0.4) is 0 Å². The Bertz CT molecular complexity index is 7020. The van der Waals surface area contributed by atoms with Crippen LogP contribution >= 0.6 is 22.7 Å². The predicted molar refractivity (Wildman–Crippen MR) is 497 cm³/mol. The van der Waals surface area contributed by atoms with Gasteiger partial charge in [-0.15, -0.1) is 22.7 Å². The molecule has 0 aliphatic heterocycles. The summed E-state index contributed by atoms with van der Waals surface area (Å²) < 4.78 is 23.5. The van der Waals surface area contributed by atoms with Crippen molar-refractivity contribution >= 4 is 196 Å². The molecule has 5 heterocycles. The van der Waals surface area contributed by atoms with Gasteiger partial charge in [0.15, 0.2) is 16.7 Å². The summed E-state index contributed by atoms with van der Waals surface area (Å²) in [4.78, 5) is 0. The zero-order valence-corrected chi connectivity index (χ0v) is 64.6. The first-order chi connectivity index (χ1) is 57.5. The van der Waals surface area contributed by atoms with E-state index < -0.39 is 0 Å². The van der Waals surface area contributed by atoms with Gasteiger partial charge in [0.25, 0.3) is 0 Å². The van der Waals surface area contributed by atoms with E-state index in [1.807, 2.05) is 144 Å². The van der Waals surface area contributed by atoms with Gasteiger partial charge < -0.3 is 39.8 Å². The number of benzene rings is 18. The molecule has 0 bridgehead atoms. The normalized spacial score (nSPS) is 11.1. The highest BCUT2D eigenvalue weighted by Crippen LogP contribution is 2.43. The minimum absolute atomic E-state index is 0.890. The molecule has 8 nitrogen and oxygen atoms in total. The zero-order chi connectivity index (χ0) is 77.4. The first-order valence-corrected chi connectivity index (χ1v) is 40.4. The molecule has 554 valence electrons. The van der Waals surface area contributed by atoms with Crippen molar-refractivity contribution in [3.05, 3.63) is 425 Å². The number of anilines is 10. The quantitative estimate of drug-likeness (QED) is 0.0825. The van der Waals surface area contributed by atoms with Crippen LogP contribution < -0.4 is 26.6 Å². The summed E-state index contributed by atoms with van der Waals surface area (Å²) in [6.45, 7) is 0. The summed E-state index contributed by atoms with van der Waals surface area (Å²) in [6, 6.07) is 146. The maximum Gasteiger partial charge on any atom is 0.158 e. The molecule has 116 heavy (non-hydrogen) atoms. The van der Waals surface area contributed by atoms with Crippen molar-refractivity contribution in [1.82, 2.24) is 0 Å². The molecular weight excluding hydrogens is 1460 g/mol. The Labute approximate surface area is 678 Å². The molecule has 0 radical (unpaired) electrons. The maximum absolute atomic E-state index is 6.09. The Kier molecular flexibility index (Phi) is 20.2. The number of hydrogen-bond acceptors (Lipinski definition) is 10. The summed E-state index contributed by atoms with van der Waals surface area (Å²) in [5.41, 5.74) is 21.0. The molecule has 0 saturated carbocycles. The standard InChI is InChI=1S/C24H17NO.C24H17NS.C22H15NO.C18H13NO.C18H13NS/c2*1-2-7-17(8-3-1)18-13-15-19(16-14-18)25-22-11-6-10-21-20-9-4-5-12-23(20)26-24(21)22;1-2-7-16-14-17(13-12-15(16)6-1)23-20-10-5-9-19-18-8-3-4-11-21(18)24-22(19)20;2*1-2-7-13(8-3-1)19-16-11-6-10-15-14-9-4-5-12-17(14)20-18(15)16/h2*1-16,25H;1-14,23H;2*1-12,19H. The Morgan fingerprint density at radius 2 is 0.448 bits per heavy atom. The monoisotopic (exact) mass is 1530 g/mol. The number of rotatable bonds is 12. The highest BCUT2D eigenvalue weighted by atomic mass is 32.1. The highest BCUT2D eigenvalue weighted by Gasteiger charge is 2.16. The molecule has 0 fully saturated rings. The van der Waals surface area contributed by atoms with Gasteiger partial charge in [0.2, 0.25) is 0 Å². The fraction of sp³-hybridized carbons (Fsp3) is 0. The Morgan fingerprint density at radius 3 is 0.853 bits per heavy atom. The second kappa shape index (κ2) is 32.8. The summed E-state index contributed by atoms with van der Waals surface area (Å²) in [6.07, 6.45) is 0. The third-order valence-corrected chi connectivity index (χ3v) is 23.1. The van der Waals surface area contributed by atoms with E-state index in [-0.39, 0.29) is 0 Å². The average molecular weight is 1530 g/mol. The summed E-state index contributed by atoms with van der Waals surface area (Å²) in [5, 5.41) is 32.1. The molecule has 0 spiro atoms. The number of nitrogens with one attached hydrogen (secondary N) is 5. The van der Waals surface area contributed by atoms with E-state index in [1.165, 1.54) is 79.1 Å². The zero-order valence-electron chi connectivity index (χ0n) is 63.0. The van der Waals surface area contributed by atoms with Gasteiger partial charge in [-0.05, 0) is 154 Å². The minimum atomic E-state index is 0.890. The summed E-state index contributed by atoms with van der Waals surface area (Å²) in [7, 11) is 0. The van der Waals surface area contributed by atoms with Crippen molar-refractivity contribution in [2.45, 2.75) is 0 Å². The highest BCUT2D eigenvalue weighted by molar-refractivity contribution is 7.26. The lowest BCUT2D eigenvalue weighted by Gasteiger charge is -2.09. The average Bonchev–Trinajstić information content (AvgIpc) is 1.65. The Balaban J connectivity index is 0.0000000972. The second-order valence-corrected chi connectivity index (χ2v) is 30.3. The van der Waals surface area contributed by atoms with Gasteiger partial charge >= 0.3 is 0 Å². The molecule has 0 atom stereocenters. The smallest absolute Gasteiger partial charge is 0.158 e. The van der Waals surface area contributed by atoms with Crippen LogP contribution in [0.5, 0.6) is 0 Å². The first-order valence-electron chi connectivity index (χ1n) is 38.7. The van der Waals surface area contributed by atoms with E-state index in [9.17, 15) is 0 Å². The van der Waals surface area contributed by atoms with E-state index in [4.69, 9.17) is 13.3 Å². The lowest BCUT2D eigenvalue weighted by molar-refractivity contribution is 0.670. The maximum atomic E-state index is 6.09. The Hall–Kier alpha value is -14.9. The number of thiophene rings is 2. The molecule has 0 aliphatic carbocycles. The largest absolute Gasteiger partial charge is 0.454 e. The van der Waals surface area contributed by atoms with Crippen LogP contribution in [0.4, 0.5) is 56.9 Å². The fourth-order valence-electron chi connectivity index (χ4n) is 15.1. The number of para-hydroxylation sites is 8. The van der Waals surface area contributed by atoms with E-state index >= 15 is 0 Å². The van der Waals surface area contributed by atoms with Gasteiger partial charge in [-0.1, -0.05) is 303 Å². The summed E-state index contributed by atoms with van der Waals surface area (Å²) in [5.74, 6) is 0. The van der Waals surface area contributed by atoms with Gasteiger partial charge in [-0.25, -0.2) is 0 Å². The van der Waals surface area contributed by atoms with Gasteiger partial charge in [0, 0.05) is 91.7 Å². The van der Waals surface area contributed by atoms with Crippen LogP contribution in [-0.2, 0) is 0 Å². The number of furan rings is 3. The SMILES string of the molecule is c1ccc(-c2ccc(Nc3cccc4c3oc3ccccc34)cc2)cc1.c1ccc(-c2ccc(Nc3cccc4c3sc3ccccc34)cc2)cc1.c1ccc(Nc2cccc3c2oc2ccccc23)cc1.c1ccc(Nc2cccc3c2sc2ccccc23)cc1.c1ccc2cc(Nc3cccc4c3oc3ccccc34)ccc2c1. The van der Waals surface area contributed by atoms with Crippen LogP contribution in [0.2, 0.25) is 0 Å². The molecular formula is C106H75N5O3S2. The van der Waals surface area contributed by atoms with E-state index in [1.54, 1.807) is 0 Å². The third kappa shape index (κ3) is 15.2. The van der Waals surface area contributed by atoms with Crippen LogP contribution in [0.15, 0.2) is 438 Å². The lowest BCUT2D eigenvalue weighted by atomic mass is 10.1. The van der Waals surface area contributed by atoms with Gasteiger partial charge in [0.05, 0.1) is 37.8 Å². The molecule has 0 amide bonds. The van der Waals surface area contributed by atoms with Crippen molar-refractivity contribution in [3.63, 3.8) is 0 Å². The van der Waals surface area contributed by atoms with Crippen molar-refractivity contribution < 1.29 is 13.3 Å². The van der Waals surface area contributed by atoms with Crippen molar-refractivity contribution in [3.8, 4) is 22.3 Å². The summed E-state index contributed by atoms with van der Waals surface area (Å²) >= 11 is 3.69.